The van der Waals surface area contributed by atoms with Crippen molar-refractivity contribution in [1.82, 2.24) is 10.3 Å². The number of benzene rings is 4. The largest absolute Gasteiger partial charge is 0.321 e. The summed E-state index contributed by atoms with van der Waals surface area (Å²) in [5.41, 5.74) is 3.37. The maximum atomic E-state index is 13.3. The number of carbonyl (C=O) groups is 3. The predicted molar refractivity (Wildman–Crippen MR) is 175 cm³/mol. The van der Waals surface area contributed by atoms with E-state index < -0.39 is 11.8 Å². The van der Waals surface area contributed by atoms with Gasteiger partial charge in [-0.15, -0.1) is 23.1 Å². The van der Waals surface area contributed by atoms with E-state index in [0.717, 1.165) is 16.2 Å². The van der Waals surface area contributed by atoms with Gasteiger partial charge in [0.05, 0.1) is 11.4 Å². The van der Waals surface area contributed by atoms with E-state index in [9.17, 15) is 14.4 Å². The van der Waals surface area contributed by atoms with Crippen LogP contribution in [0, 0.1) is 0 Å². The minimum Gasteiger partial charge on any atom is -0.321 e. The summed E-state index contributed by atoms with van der Waals surface area (Å²) in [6.07, 6.45) is 1.53. The van der Waals surface area contributed by atoms with Crippen LogP contribution in [0.5, 0.6) is 0 Å². The van der Waals surface area contributed by atoms with E-state index >= 15 is 0 Å². The fourth-order valence-electron chi connectivity index (χ4n) is 3.90. The quantitative estimate of drug-likeness (QED) is 0.110. The van der Waals surface area contributed by atoms with Gasteiger partial charge in [-0.25, -0.2) is 4.98 Å². The highest BCUT2D eigenvalue weighted by Crippen LogP contribution is 2.26. The Morgan fingerprint density at radius 1 is 0.814 bits per heavy atom. The van der Waals surface area contributed by atoms with Gasteiger partial charge >= 0.3 is 0 Å². The molecule has 0 bridgehead atoms. The van der Waals surface area contributed by atoms with E-state index in [1.165, 1.54) is 29.2 Å². The van der Waals surface area contributed by atoms with Crippen molar-refractivity contribution in [3.63, 3.8) is 0 Å². The van der Waals surface area contributed by atoms with Crippen molar-refractivity contribution >= 4 is 69.3 Å². The topological polar surface area (TPSA) is 100 Å². The van der Waals surface area contributed by atoms with Crippen LogP contribution in [-0.2, 0) is 9.59 Å². The predicted octanol–water partition coefficient (Wildman–Crippen LogP) is 7.60. The van der Waals surface area contributed by atoms with Crippen LogP contribution in [0.4, 0.5) is 10.8 Å². The molecule has 0 aliphatic heterocycles. The highest BCUT2D eigenvalue weighted by Gasteiger charge is 2.16. The third-order valence-electron chi connectivity index (χ3n) is 6.04. The van der Waals surface area contributed by atoms with E-state index in [-0.39, 0.29) is 17.4 Å². The van der Waals surface area contributed by atoms with Crippen LogP contribution in [0.3, 0.4) is 0 Å². The number of nitrogens with one attached hydrogen (secondary N) is 3. The van der Waals surface area contributed by atoms with Gasteiger partial charge in [-0.05, 0) is 54.1 Å². The van der Waals surface area contributed by atoms with E-state index in [4.69, 9.17) is 11.6 Å². The van der Waals surface area contributed by atoms with Crippen molar-refractivity contribution in [3.05, 3.63) is 136 Å². The molecule has 0 aliphatic carbocycles. The van der Waals surface area contributed by atoms with Gasteiger partial charge in [-0.3, -0.25) is 14.4 Å². The van der Waals surface area contributed by atoms with Gasteiger partial charge in [-0.2, -0.15) is 0 Å². The van der Waals surface area contributed by atoms with Gasteiger partial charge in [-0.1, -0.05) is 78.3 Å². The summed E-state index contributed by atoms with van der Waals surface area (Å²) in [5, 5.41) is 11.3. The lowest BCUT2D eigenvalue weighted by molar-refractivity contribution is -0.114. The summed E-state index contributed by atoms with van der Waals surface area (Å²) in [6.45, 7) is 0. The molecule has 4 aromatic carbocycles. The van der Waals surface area contributed by atoms with Crippen molar-refractivity contribution in [1.29, 1.82) is 0 Å². The number of thioether (sulfide) groups is 1. The monoisotopic (exact) mass is 624 g/mol. The number of thiazole rings is 1. The Hall–Kier alpha value is -4.70. The Morgan fingerprint density at radius 3 is 2.21 bits per heavy atom. The fourth-order valence-corrected chi connectivity index (χ4v) is 5.52. The number of carbonyl (C=O) groups excluding carboxylic acids is 3. The average molecular weight is 625 g/mol. The van der Waals surface area contributed by atoms with Gasteiger partial charge in [0, 0.05) is 32.1 Å². The Bertz CT molecular complexity index is 1760. The SMILES string of the molecule is O=C(CSc1ccc(NC(=O)/C(=C/c2ccccc2Cl)NC(=O)c2ccccc2)cc1)Nc1nc(-c2ccccc2)cs1. The molecule has 3 N–H and O–H groups in total. The molecule has 214 valence electrons. The second-order valence-corrected chi connectivity index (χ2v) is 11.4. The van der Waals surface area contributed by atoms with Crippen molar-refractivity contribution in [2.75, 3.05) is 16.4 Å². The molecule has 1 aromatic heterocycles. The molecular weight excluding hydrogens is 600 g/mol. The molecule has 0 saturated heterocycles. The van der Waals surface area contributed by atoms with E-state index in [1.54, 1.807) is 66.7 Å². The number of hydrogen-bond acceptors (Lipinski definition) is 6. The van der Waals surface area contributed by atoms with Crippen molar-refractivity contribution in [2.24, 2.45) is 0 Å². The summed E-state index contributed by atoms with van der Waals surface area (Å²) < 4.78 is 0. The smallest absolute Gasteiger partial charge is 0.272 e. The van der Waals surface area contributed by atoms with Crippen molar-refractivity contribution in [2.45, 2.75) is 4.90 Å². The zero-order valence-corrected chi connectivity index (χ0v) is 25.0. The van der Waals surface area contributed by atoms with Crippen LogP contribution in [0.15, 0.2) is 125 Å². The zero-order chi connectivity index (χ0) is 30.0. The first kappa shape index (κ1) is 29.8. The molecule has 0 spiro atoms. The standard InChI is InChI=1S/C33H25ClN4O3S2/c34-27-14-8-7-13-24(27)19-28(36-31(40)23-11-5-2-6-12-23)32(41)35-25-15-17-26(18-16-25)42-21-30(39)38-33-37-29(20-43-33)22-9-3-1-4-10-22/h1-20H,21H2,(H,35,41)(H,36,40)(H,37,38,39)/b28-19-. The summed E-state index contributed by atoms with van der Waals surface area (Å²) in [7, 11) is 0. The fraction of sp³-hybridized carbons (Fsp3) is 0.0303. The minimum absolute atomic E-state index is 0.0367. The second kappa shape index (κ2) is 14.5. The molecule has 5 aromatic rings. The number of nitrogens with zero attached hydrogens (tertiary/aromatic N) is 1. The number of anilines is 2. The molecule has 0 atom stereocenters. The molecule has 10 heteroatoms. The lowest BCUT2D eigenvalue weighted by Gasteiger charge is -2.12. The first-order valence-corrected chi connectivity index (χ1v) is 15.4. The first-order valence-electron chi connectivity index (χ1n) is 13.1. The summed E-state index contributed by atoms with van der Waals surface area (Å²) >= 11 is 9.05. The summed E-state index contributed by atoms with van der Waals surface area (Å²) in [4.78, 5) is 44.0. The van der Waals surface area contributed by atoms with Crippen LogP contribution in [0.1, 0.15) is 15.9 Å². The van der Waals surface area contributed by atoms with Crippen LogP contribution < -0.4 is 16.0 Å². The Morgan fingerprint density at radius 2 is 1.49 bits per heavy atom. The lowest BCUT2D eigenvalue weighted by Crippen LogP contribution is -2.30. The molecule has 0 fully saturated rings. The van der Waals surface area contributed by atoms with Gasteiger partial charge in [0.1, 0.15) is 5.70 Å². The van der Waals surface area contributed by atoms with Crippen LogP contribution in [0.2, 0.25) is 5.02 Å². The number of rotatable bonds is 10. The average Bonchev–Trinajstić information content (AvgIpc) is 3.50. The summed E-state index contributed by atoms with van der Waals surface area (Å²) in [5.74, 6) is -0.905. The lowest BCUT2D eigenvalue weighted by atomic mass is 10.1. The van der Waals surface area contributed by atoms with Gasteiger partial charge in [0.15, 0.2) is 5.13 Å². The second-order valence-electron chi connectivity index (χ2n) is 9.12. The molecule has 0 radical (unpaired) electrons. The molecule has 0 saturated carbocycles. The Balaban J connectivity index is 1.19. The third-order valence-corrected chi connectivity index (χ3v) is 8.15. The first-order chi connectivity index (χ1) is 20.9. The number of aromatic nitrogens is 1. The normalized spacial score (nSPS) is 11.0. The molecule has 43 heavy (non-hydrogen) atoms. The minimum atomic E-state index is -0.512. The third kappa shape index (κ3) is 8.42. The van der Waals surface area contributed by atoms with Crippen LogP contribution in [-0.4, -0.2) is 28.5 Å². The molecule has 7 nitrogen and oxygen atoms in total. The molecular formula is C33H25ClN4O3S2. The van der Waals surface area contributed by atoms with E-state index in [2.05, 4.69) is 20.9 Å². The van der Waals surface area contributed by atoms with Crippen LogP contribution in [0.25, 0.3) is 17.3 Å². The zero-order valence-electron chi connectivity index (χ0n) is 22.6. The number of hydrogen-bond donors (Lipinski definition) is 3. The molecule has 0 unspecified atom stereocenters. The Kier molecular flexibility index (Phi) is 10.0. The van der Waals surface area contributed by atoms with Gasteiger partial charge < -0.3 is 16.0 Å². The van der Waals surface area contributed by atoms with Crippen LogP contribution >= 0.6 is 34.7 Å². The maximum Gasteiger partial charge on any atom is 0.272 e. The molecule has 1 heterocycles. The highest BCUT2D eigenvalue weighted by atomic mass is 35.5. The molecule has 0 aliphatic rings. The Labute approximate surface area is 262 Å². The number of amides is 3. The maximum absolute atomic E-state index is 13.3. The van der Waals surface area contributed by atoms with Crippen molar-refractivity contribution in [3.8, 4) is 11.3 Å². The van der Waals surface area contributed by atoms with Crippen molar-refractivity contribution < 1.29 is 14.4 Å². The highest BCUT2D eigenvalue weighted by molar-refractivity contribution is 8.00. The van der Waals surface area contributed by atoms with Gasteiger partial charge in [0.2, 0.25) is 5.91 Å². The van der Waals surface area contributed by atoms with E-state index in [1.807, 2.05) is 47.8 Å². The molecule has 5 rings (SSSR count). The number of halogens is 1. The summed E-state index contributed by atoms with van der Waals surface area (Å²) in [6, 6.07) is 32.5. The molecule has 3 amide bonds. The van der Waals surface area contributed by atoms with Gasteiger partial charge in [0.25, 0.3) is 11.8 Å². The van der Waals surface area contributed by atoms with E-state index in [0.29, 0.717) is 27.0 Å².